The number of benzene rings is 1. The van der Waals surface area contributed by atoms with Gasteiger partial charge in [-0.2, -0.15) is 0 Å². The largest absolute Gasteiger partial charge is 0.413 e. The molecule has 0 spiro atoms. The standard InChI is InChI=1S/C13H16FN3O5S2/c1-23(18,19)15-8-4-7-12-16-17-13(22-12)24(20,21)9-10-5-2-3-6-11(10)14/h2-3,5-6,15H,4,7-9H2,1H3. The van der Waals surface area contributed by atoms with Gasteiger partial charge in [-0.05, 0) is 12.5 Å². The number of hydrogen-bond donors (Lipinski definition) is 1. The summed E-state index contributed by atoms with van der Waals surface area (Å²) >= 11 is 0. The molecule has 2 aromatic rings. The average molecular weight is 377 g/mol. The van der Waals surface area contributed by atoms with Crippen LogP contribution in [0.4, 0.5) is 4.39 Å². The first kappa shape index (κ1) is 18.5. The molecule has 2 rings (SSSR count). The Balaban J connectivity index is 2.00. The normalized spacial score (nSPS) is 12.4. The molecule has 24 heavy (non-hydrogen) atoms. The average Bonchev–Trinajstić information content (AvgIpc) is 2.95. The number of rotatable bonds is 8. The Bertz CT molecular complexity index is 909. The topological polar surface area (TPSA) is 119 Å². The van der Waals surface area contributed by atoms with Crippen LogP contribution in [-0.2, 0) is 32.0 Å². The first-order chi connectivity index (χ1) is 11.2. The molecule has 8 nitrogen and oxygen atoms in total. The molecule has 0 unspecified atom stereocenters. The van der Waals surface area contributed by atoms with Crippen molar-refractivity contribution in [2.45, 2.75) is 23.8 Å². The maximum Gasteiger partial charge on any atom is 0.335 e. The monoisotopic (exact) mass is 377 g/mol. The molecule has 132 valence electrons. The summed E-state index contributed by atoms with van der Waals surface area (Å²) < 4.78 is 67.1. The van der Waals surface area contributed by atoms with Gasteiger partial charge in [0.2, 0.25) is 25.8 Å². The highest BCUT2D eigenvalue weighted by molar-refractivity contribution is 7.90. The number of aromatic nitrogens is 2. The number of sulfonamides is 1. The van der Waals surface area contributed by atoms with E-state index in [1.54, 1.807) is 0 Å². The van der Waals surface area contributed by atoms with Crippen molar-refractivity contribution < 1.29 is 25.6 Å². The fourth-order valence-electron chi connectivity index (χ4n) is 1.84. The number of halogens is 1. The third-order valence-electron chi connectivity index (χ3n) is 2.95. The van der Waals surface area contributed by atoms with E-state index in [2.05, 4.69) is 14.9 Å². The Morgan fingerprint density at radius 3 is 2.54 bits per heavy atom. The zero-order valence-electron chi connectivity index (χ0n) is 12.8. The predicted molar refractivity (Wildman–Crippen MR) is 82.8 cm³/mol. The predicted octanol–water partition coefficient (Wildman–Crippen LogP) is 0.664. The van der Waals surface area contributed by atoms with Gasteiger partial charge in [0.1, 0.15) is 5.82 Å². The van der Waals surface area contributed by atoms with E-state index in [9.17, 15) is 21.2 Å². The lowest BCUT2D eigenvalue weighted by atomic mass is 10.2. The van der Waals surface area contributed by atoms with Crippen LogP contribution >= 0.6 is 0 Å². The third-order valence-corrected chi connectivity index (χ3v) is 5.07. The van der Waals surface area contributed by atoms with Crippen molar-refractivity contribution >= 4 is 19.9 Å². The Labute approximate surface area is 139 Å². The minimum Gasteiger partial charge on any atom is -0.413 e. The molecule has 1 aromatic heterocycles. The summed E-state index contributed by atoms with van der Waals surface area (Å²) in [5, 5.41) is 6.50. The highest BCUT2D eigenvalue weighted by atomic mass is 32.2. The van der Waals surface area contributed by atoms with Crippen LogP contribution in [0.5, 0.6) is 0 Å². The molecule has 0 saturated heterocycles. The van der Waals surface area contributed by atoms with Crippen LogP contribution in [0.1, 0.15) is 17.9 Å². The molecule has 1 N–H and O–H groups in total. The van der Waals surface area contributed by atoms with Gasteiger partial charge in [0.05, 0.1) is 12.0 Å². The minimum absolute atomic E-state index is 0.00889. The van der Waals surface area contributed by atoms with Crippen molar-refractivity contribution in [2.75, 3.05) is 12.8 Å². The van der Waals surface area contributed by atoms with Crippen LogP contribution in [-0.4, -0.2) is 39.8 Å². The van der Waals surface area contributed by atoms with Crippen LogP contribution in [0.2, 0.25) is 0 Å². The summed E-state index contributed by atoms with van der Waals surface area (Å²) in [6.45, 7) is 0.165. The van der Waals surface area contributed by atoms with Crippen LogP contribution < -0.4 is 4.72 Å². The zero-order chi connectivity index (χ0) is 17.8. The minimum atomic E-state index is -3.96. The van der Waals surface area contributed by atoms with E-state index in [1.807, 2.05) is 0 Å². The van der Waals surface area contributed by atoms with Crippen molar-refractivity contribution in [1.29, 1.82) is 0 Å². The quantitative estimate of drug-likeness (QED) is 0.671. The Morgan fingerprint density at radius 1 is 1.17 bits per heavy atom. The van der Waals surface area contributed by atoms with Crippen LogP contribution in [0.25, 0.3) is 0 Å². The highest BCUT2D eigenvalue weighted by Crippen LogP contribution is 2.17. The van der Waals surface area contributed by atoms with Gasteiger partial charge in [-0.15, -0.1) is 5.10 Å². The van der Waals surface area contributed by atoms with E-state index in [0.29, 0.717) is 6.42 Å². The lowest BCUT2D eigenvalue weighted by Gasteiger charge is -2.01. The van der Waals surface area contributed by atoms with Gasteiger partial charge in [-0.25, -0.2) is 25.9 Å². The lowest BCUT2D eigenvalue weighted by Crippen LogP contribution is -2.23. The van der Waals surface area contributed by atoms with E-state index in [4.69, 9.17) is 4.42 Å². The molecule has 0 aliphatic rings. The lowest BCUT2D eigenvalue weighted by molar-refractivity contribution is 0.393. The summed E-state index contributed by atoms with van der Waals surface area (Å²) in [6.07, 6.45) is 1.61. The highest BCUT2D eigenvalue weighted by Gasteiger charge is 2.24. The van der Waals surface area contributed by atoms with Crippen molar-refractivity contribution in [1.82, 2.24) is 14.9 Å². The van der Waals surface area contributed by atoms with E-state index in [-0.39, 0.29) is 24.4 Å². The molecule has 11 heteroatoms. The van der Waals surface area contributed by atoms with Gasteiger partial charge >= 0.3 is 5.22 Å². The summed E-state index contributed by atoms with van der Waals surface area (Å²) in [6, 6.07) is 5.52. The maximum atomic E-state index is 13.6. The van der Waals surface area contributed by atoms with Crippen molar-refractivity contribution in [2.24, 2.45) is 0 Å². The fraction of sp³-hybridized carbons (Fsp3) is 0.385. The summed E-state index contributed by atoms with van der Waals surface area (Å²) in [5.74, 6) is -1.15. The second-order valence-electron chi connectivity index (χ2n) is 5.08. The molecular formula is C13H16FN3O5S2. The van der Waals surface area contributed by atoms with Crippen molar-refractivity contribution in [3.8, 4) is 0 Å². The van der Waals surface area contributed by atoms with Gasteiger partial charge in [0.25, 0.3) is 0 Å². The van der Waals surface area contributed by atoms with E-state index < -0.39 is 36.7 Å². The third kappa shape index (κ3) is 5.35. The summed E-state index contributed by atoms with van der Waals surface area (Å²) in [5.41, 5.74) is 0.00889. The summed E-state index contributed by atoms with van der Waals surface area (Å²) in [4.78, 5) is 0. The van der Waals surface area contributed by atoms with Gasteiger partial charge in [-0.3, -0.25) is 0 Å². The molecule has 0 aliphatic carbocycles. The van der Waals surface area contributed by atoms with Crippen molar-refractivity contribution in [3.05, 3.63) is 41.5 Å². The molecule has 0 radical (unpaired) electrons. The van der Waals surface area contributed by atoms with Crippen LogP contribution in [0.3, 0.4) is 0 Å². The molecule has 0 amide bonds. The molecule has 0 saturated carbocycles. The Kier molecular flexibility index (Phi) is 5.67. The number of hydrogen-bond acceptors (Lipinski definition) is 7. The molecule has 1 heterocycles. The SMILES string of the molecule is CS(=O)(=O)NCCCc1nnc(S(=O)(=O)Cc2ccccc2F)o1. The van der Waals surface area contributed by atoms with E-state index in [0.717, 1.165) is 6.26 Å². The van der Waals surface area contributed by atoms with Gasteiger partial charge in [0.15, 0.2) is 0 Å². The number of nitrogens with zero attached hydrogens (tertiary/aromatic N) is 2. The maximum absolute atomic E-state index is 13.6. The Morgan fingerprint density at radius 2 is 1.88 bits per heavy atom. The second kappa shape index (κ2) is 7.36. The molecule has 0 atom stereocenters. The van der Waals surface area contributed by atoms with Gasteiger partial charge < -0.3 is 4.42 Å². The Hall–Kier alpha value is -1.85. The summed E-state index contributed by atoms with van der Waals surface area (Å²) in [7, 11) is -7.24. The van der Waals surface area contributed by atoms with Gasteiger partial charge in [-0.1, -0.05) is 23.3 Å². The molecule has 0 bridgehead atoms. The number of sulfone groups is 1. The zero-order valence-corrected chi connectivity index (χ0v) is 14.4. The molecule has 0 fully saturated rings. The fourth-order valence-corrected chi connectivity index (χ4v) is 3.51. The van der Waals surface area contributed by atoms with E-state index >= 15 is 0 Å². The number of aryl methyl sites for hydroxylation is 1. The first-order valence-corrected chi connectivity index (χ1v) is 10.4. The molecule has 0 aliphatic heterocycles. The van der Waals surface area contributed by atoms with E-state index in [1.165, 1.54) is 24.3 Å². The van der Waals surface area contributed by atoms with Crippen LogP contribution in [0, 0.1) is 5.82 Å². The van der Waals surface area contributed by atoms with Gasteiger partial charge in [0, 0.05) is 18.5 Å². The van der Waals surface area contributed by atoms with Crippen LogP contribution in [0.15, 0.2) is 33.9 Å². The smallest absolute Gasteiger partial charge is 0.335 e. The number of nitrogens with one attached hydrogen (secondary N) is 1. The first-order valence-electron chi connectivity index (χ1n) is 6.90. The molecule has 1 aromatic carbocycles. The van der Waals surface area contributed by atoms with Crippen molar-refractivity contribution in [3.63, 3.8) is 0 Å². The molecular weight excluding hydrogens is 361 g/mol. The second-order valence-corrected chi connectivity index (χ2v) is 8.78.